The van der Waals surface area contributed by atoms with Crippen molar-refractivity contribution in [1.29, 1.82) is 0 Å². The van der Waals surface area contributed by atoms with Gasteiger partial charge >= 0.3 is 6.03 Å². The third-order valence-electron chi connectivity index (χ3n) is 3.59. The molecule has 1 aliphatic rings. The van der Waals surface area contributed by atoms with E-state index in [1.54, 1.807) is 4.90 Å². The Kier molecular flexibility index (Phi) is 6.27. The van der Waals surface area contributed by atoms with Crippen LogP contribution in [0.1, 0.15) is 39.0 Å². The first-order chi connectivity index (χ1) is 9.45. The van der Waals surface area contributed by atoms with Gasteiger partial charge in [0.1, 0.15) is 6.04 Å². The number of rotatable bonds is 8. The molecule has 0 spiro atoms. The van der Waals surface area contributed by atoms with Crippen molar-refractivity contribution in [3.05, 3.63) is 0 Å². The minimum absolute atomic E-state index is 0.00453. The van der Waals surface area contributed by atoms with Crippen molar-refractivity contribution >= 4 is 17.8 Å². The fourth-order valence-corrected chi connectivity index (χ4v) is 2.67. The Morgan fingerprint density at radius 2 is 2.15 bits per heavy atom. The standard InChI is InChI=1S/C13H24N4O3/c1-2-4-9-7-11(18)17(8-9)10(12(14)19)5-3-6-16-13(15)20/h9-10H,2-8H2,1H3,(H2,14,19)(H3,15,16,20). The molecule has 0 bridgehead atoms. The number of carbonyl (C=O) groups is 3. The van der Waals surface area contributed by atoms with Gasteiger partial charge in [0.05, 0.1) is 0 Å². The van der Waals surface area contributed by atoms with Crippen molar-refractivity contribution in [1.82, 2.24) is 10.2 Å². The third-order valence-corrected chi connectivity index (χ3v) is 3.59. The van der Waals surface area contributed by atoms with E-state index in [0.29, 0.717) is 38.3 Å². The van der Waals surface area contributed by atoms with Crippen LogP contribution in [0, 0.1) is 5.92 Å². The largest absolute Gasteiger partial charge is 0.368 e. The summed E-state index contributed by atoms with van der Waals surface area (Å²) in [5.41, 5.74) is 10.4. The van der Waals surface area contributed by atoms with E-state index in [1.807, 2.05) is 0 Å². The van der Waals surface area contributed by atoms with Crippen LogP contribution in [0.5, 0.6) is 0 Å². The van der Waals surface area contributed by atoms with Crippen molar-refractivity contribution in [2.24, 2.45) is 17.4 Å². The first-order valence-corrected chi connectivity index (χ1v) is 7.07. The Labute approximate surface area is 119 Å². The predicted octanol–water partition coefficient (Wildman–Crippen LogP) is -0.0626. The van der Waals surface area contributed by atoms with Crippen LogP contribution in [-0.4, -0.2) is 41.9 Å². The van der Waals surface area contributed by atoms with Gasteiger partial charge < -0.3 is 21.7 Å². The van der Waals surface area contributed by atoms with Crippen molar-refractivity contribution in [3.63, 3.8) is 0 Å². The monoisotopic (exact) mass is 284 g/mol. The number of amides is 4. The molecule has 1 heterocycles. The van der Waals surface area contributed by atoms with E-state index in [0.717, 1.165) is 12.8 Å². The summed E-state index contributed by atoms with van der Waals surface area (Å²) in [6.07, 6.45) is 3.50. The number of nitrogens with one attached hydrogen (secondary N) is 1. The van der Waals surface area contributed by atoms with E-state index in [2.05, 4.69) is 12.2 Å². The second-order valence-corrected chi connectivity index (χ2v) is 5.26. The quantitative estimate of drug-likeness (QED) is 0.541. The Bertz CT molecular complexity index is 373. The van der Waals surface area contributed by atoms with Gasteiger partial charge in [-0.15, -0.1) is 0 Å². The molecule has 1 rings (SSSR count). The molecule has 0 aliphatic carbocycles. The van der Waals surface area contributed by atoms with Gasteiger partial charge in [0.25, 0.3) is 0 Å². The summed E-state index contributed by atoms with van der Waals surface area (Å²) in [5, 5.41) is 2.45. The van der Waals surface area contributed by atoms with Crippen molar-refractivity contribution < 1.29 is 14.4 Å². The van der Waals surface area contributed by atoms with Gasteiger partial charge in [0, 0.05) is 19.5 Å². The Hall–Kier alpha value is -1.79. The zero-order valence-electron chi connectivity index (χ0n) is 11.9. The van der Waals surface area contributed by atoms with Crippen LogP contribution in [0.15, 0.2) is 0 Å². The van der Waals surface area contributed by atoms with E-state index >= 15 is 0 Å². The van der Waals surface area contributed by atoms with E-state index in [4.69, 9.17) is 11.5 Å². The highest BCUT2D eigenvalue weighted by Crippen LogP contribution is 2.25. The number of hydrogen-bond donors (Lipinski definition) is 3. The molecular weight excluding hydrogens is 260 g/mol. The lowest BCUT2D eigenvalue weighted by molar-refractivity contribution is -0.136. The topological polar surface area (TPSA) is 119 Å². The molecular formula is C13H24N4O3. The molecule has 2 unspecified atom stereocenters. The van der Waals surface area contributed by atoms with Crippen LogP contribution >= 0.6 is 0 Å². The molecule has 114 valence electrons. The van der Waals surface area contributed by atoms with Gasteiger partial charge in [-0.05, 0) is 25.2 Å². The van der Waals surface area contributed by atoms with Gasteiger partial charge in [-0.2, -0.15) is 0 Å². The Morgan fingerprint density at radius 1 is 1.45 bits per heavy atom. The molecule has 1 aliphatic heterocycles. The predicted molar refractivity (Wildman–Crippen MR) is 74.5 cm³/mol. The maximum Gasteiger partial charge on any atom is 0.312 e. The van der Waals surface area contributed by atoms with Gasteiger partial charge in [-0.25, -0.2) is 4.79 Å². The summed E-state index contributed by atoms with van der Waals surface area (Å²) in [6.45, 7) is 3.05. The molecule has 0 aromatic heterocycles. The number of carbonyl (C=O) groups excluding carboxylic acids is 3. The number of hydrogen-bond acceptors (Lipinski definition) is 3. The summed E-state index contributed by atoms with van der Waals surface area (Å²) < 4.78 is 0. The van der Waals surface area contributed by atoms with Crippen LogP contribution in [-0.2, 0) is 9.59 Å². The van der Waals surface area contributed by atoms with Crippen LogP contribution in [0.2, 0.25) is 0 Å². The summed E-state index contributed by atoms with van der Waals surface area (Å²) in [4.78, 5) is 35.7. The summed E-state index contributed by atoms with van der Waals surface area (Å²) in [6, 6.07) is -1.18. The fourth-order valence-electron chi connectivity index (χ4n) is 2.67. The summed E-state index contributed by atoms with van der Waals surface area (Å²) in [7, 11) is 0. The number of nitrogens with zero attached hydrogens (tertiary/aromatic N) is 1. The smallest absolute Gasteiger partial charge is 0.312 e. The van der Waals surface area contributed by atoms with Crippen LogP contribution < -0.4 is 16.8 Å². The average Bonchev–Trinajstić information content (AvgIpc) is 2.70. The molecule has 1 fully saturated rings. The molecule has 0 saturated carbocycles. The lowest BCUT2D eigenvalue weighted by atomic mass is 10.0. The maximum atomic E-state index is 12.0. The fraction of sp³-hybridized carbons (Fsp3) is 0.769. The minimum Gasteiger partial charge on any atom is -0.368 e. The van der Waals surface area contributed by atoms with E-state index < -0.39 is 18.0 Å². The molecule has 7 heteroatoms. The highest BCUT2D eigenvalue weighted by Gasteiger charge is 2.35. The number of primary amides is 2. The van der Waals surface area contributed by atoms with Crippen LogP contribution in [0.3, 0.4) is 0 Å². The van der Waals surface area contributed by atoms with Crippen LogP contribution in [0.4, 0.5) is 4.79 Å². The summed E-state index contributed by atoms with van der Waals surface area (Å²) in [5.74, 6) is -0.178. The molecule has 2 atom stereocenters. The number of urea groups is 1. The Morgan fingerprint density at radius 3 is 2.70 bits per heavy atom. The highest BCUT2D eigenvalue weighted by molar-refractivity contribution is 5.87. The molecule has 1 saturated heterocycles. The van der Waals surface area contributed by atoms with Gasteiger partial charge in [-0.1, -0.05) is 13.3 Å². The molecule has 0 aromatic carbocycles. The van der Waals surface area contributed by atoms with Crippen molar-refractivity contribution in [3.8, 4) is 0 Å². The second kappa shape index (κ2) is 7.72. The highest BCUT2D eigenvalue weighted by atomic mass is 16.2. The number of likely N-dealkylation sites (tertiary alicyclic amines) is 1. The Balaban J connectivity index is 2.51. The first-order valence-electron chi connectivity index (χ1n) is 7.07. The van der Waals surface area contributed by atoms with Crippen LogP contribution in [0.25, 0.3) is 0 Å². The van der Waals surface area contributed by atoms with E-state index in [9.17, 15) is 14.4 Å². The normalized spacial score (nSPS) is 19.9. The molecule has 7 nitrogen and oxygen atoms in total. The molecule has 5 N–H and O–H groups in total. The van der Waals surface area contributed by atoms with Gasteiger partial charge in [0.2, 0.25) is 11.8 Å². The lowest BCUT2D eigenvalue weighted by Crippen LogP contribution is -2.46. The summed E-state index contributed by atoms with van der Waals surface area (Å²) >= 11 is 0. The second-order valence-electron chi connectivity index (χ2n) is 5.26. The van der Waals surface area contributed by atoms with Gasteiger partial charge in [-0.3, -0.25) is 9.59 Å². The number of nitrogens with two attached hydrogens (primary N) is 2. The third kappa shape index (κ3) is 4.71. The average molecular weight is 284 g/mol. The molecule has 0 aromatic rings. The van der Waals surface area contributed by atoms with E-state index in [-0.39, 0.29) is 5.91 Å². The van der Waals surface area contributed by atoms with Crippen molar-refractivity contribution in [2.45, 2.75) is 45.1 Å². The molecule has 4 amide bonds. The zero-order valence-corrected chi connectivity index (χ0v) is 11.9. The zero-order chi connectivity index (χ0) is 15.1. The molecule has 0 radical (unpaired) electrons. The lowest BCUT2D eigenvalue weighted by Gasteiger charge is -2.25. The van der Waals surface area contributed by atoms with Crippen molar-refractivity contribution in [2.75, 3.05) is 13.1 Å². The van der Waals surface area contributed by atoms with Gasteiger partial charge in [0.15, 0.2) is 0 Å². The molecule has 20 heavy (non-hydrogen) atoms. The SMILES string of the molecule is CCCC1CC(=O)N(C(CCCNC(N)=O)C(N)=O)C1. The minimum atomic E-state index is -0.596. The maximum absolute atomic E-state index is 12.0. The van der Waals surface area contributed by atoms with E-state index in [1.165, 1.54) is 0 Å². The first kappa shape index (κ1) is 16.3.